The van der Waals surface area contributed by atoms with Crippen molar-refractivity contribution in [3.8, 4) is 5.75 Å². The van der Waals surface area contributed by atoms with Crippen LogP contribution in [0.1, 0.15) is 21.8 Å². The number of aromatic nitrogens is 1. The highest BCUT2D eigenvalue weighted by Gasteiger charge is 2.22. The molecule has 0 bridgehead atoms. The van der Waals surface area contributed by atoms with Gasteiger partial charge in [0.2, 0.25) is 0 Å². The molecule has 0 spiro atoms. The predicted octanol–water partition coefficient (Wildman–Crippen LogP) is 4.53. The molecule has 3 aromatic rings. The summed E-state index contributed by atoms with van der Waals surface area (Å²) in [6.45, 7) is 0.363. The van der Waals surface area contributed by atoms with Crippen LogP contribution >= 0.6 is 23.2 Å². The zero-order valence-corrected chi connectivity index (χ0v) is 14.5. The molecule has 0 unspecified atom stereocenters. The van der Waals surface area contributed by atoms with Gasteiger partial charge in [0.1, 0.15) is 22.4 Å². The van der Waals surface area contributed by atoms with Crippen LogP contribution in [0.15, 0.2) is 59.2 Å². The van der Waals surface area contributed by atoms with Crippen molar-refractivity contribution in [2.75, 3.05) is 0 Å². The molecule has 25 heavy (non-hydrogen) atoms. The maximum atomic E-state index is 13.0. The number of hydrogen-bond donors (Lipinski definition) is 1. The summed E-state index contributed by atoms with van der Waals surface area (Å²) in [5.41, 5.74) is 0.650. The zero-order chi connectivity index (χ0) is 17.8. The number of amides is 1. The van der Waals surface area contributed by atoms with Crippen molar-refractivity contribution in [1.29, 1.82) is 0 Å². The number of phenolic OH excluding ortho intramolecular Hbond substituents is 1. The van der Waals surface area contributed by atoms with E-state index in [-0.39, 0.29) is 34.7 Å². The summed E-state index contributed by atoms with van der Waals surface area (Å²) in [7, 11) is 0. The Morgan fingerprint density at radius 2 is 1.88 bits per heavy atom. The van der Waals surface area contributed by atoms with Crippen LogP contribution in [0.5, 0.6) is 5.75 Å². The van der Waals surface area contributed by atoms with E-state index in [2.05, 4.69) is 4.98 Å². The molecular formula is C18H14Cl2N2O3. The third-order valence-corrected chi connectivity index (χ3v) is 4.10. The molecule has 0 radical (unpaired) electrons. The number of phenols is 1. The Labute approximate surface area is 154 Å². The van der Waals surface area contributed by atoms with Crippen LogP contribution in [0.2, 0.25) is 10.2 Å². The van der Waals surface area contributed by atoms with Gasteiger partial charge in [-0.15, -0.1) is 0 Å². The van der Waals surface area contributed by atoms with Crippen molar-refractivity contribution in [3.05, 3.63) is 82.0 Å². The molecule has 0 aliphatic carbocycles. The molecule has 0 atom stereocenters. The van der Waals surface area contributed by atoms with E-state index in [0.717, 1.165) is 0 Å². The number of furan rings is 1. The molecule has 0 aliphatic heterocycles. The molecule has 1 N–H and O–H groups in total. The van der Waals surface area contributed by atoms with E-state index in [1.54, 1.807) is 36.4 Å². The van der Waals surface area contributed by atoms with Gasteiger partial charge >= 0.3 is 0 Å². The van der Waals surface area contributed by atoms with Gasteiger partial charge in [0, 0.05) is 5.56 Å². The van der Waals surface area contributed by atoms with Crippen LogP contribution < -0.4 is 0 Å². The summed E-state index contributed by atoms with van der Waals surface area (Å²) in [6.07, 6.45) is 1.53. The second kappa shape index (κ2) is 7.59. The number of benzene rings is 1. The van der Waals surface area contributed by atoms with Crippen LogP contribution in [0, 0.1) is 0 Å². The van der Waals surface area contributed by atoms with Crippen molar-refractivity contribution in [2.24, 2.45) is 0 Å². The Morgan fingerprint density at radius 1 is 1.08 bits per heavy atom. The van der Waals surface area contributed by atoms with E-state index in [1.807, 2.05) is 0 Å². The first-order valence-corrected chi connectivity index (χ1v) is 8.21. The van der Waals surface area contributed by atoms with Crippen LogP contribution in [0.3, 0.4) is 0 Å². The van der Waals surface area contributed by atoms with Crippen molar-refractivity contribution < 1.29 is 14.3 Å². The Bertz CT molecular complexity index is 882. The summed E-state index contributed by atoms with van der Waals surface area (Å²) in [5, 5.41) is 10.4. The van der Waals surface area contributed by atoms with Gasteiger partial charge in [-0.3, -0.25) is 4.79 Å². The first-order valence-electron chi connectivity index (χ1n) is 7.45. The maximum Gasteiger partial charge on any atom is 0.274 e. The minimum absolute atomic E-state index is 0.0520. The van der Waals surface area contributed by atoms with Gasteiger partial charge < -0.3 is 14.4 Å². The lowest BCUT2D eigenvalue weighted by atomic mass is 10.1. The van der Waals surface area contributed by atoms with E-state index in [0.29, 0.717) is 11.3 Å². The predicted molar refractivity (Wildman–Crippen MR) is 94.6 cm³/mol. The standard InChI is InChI=1S/C18H14Cl2N2O3/c19-14-7-8-16(20)21-17(14)18(24)22(11-13-5-3-9-25-13)10-12-4-1-2-6-15(12)23/h1-9,23H,10-11H2. The average molecular weight is 377 g/mol. The second-order valence-corrected chi connectivity index (χ2v) is 6.13. The Balaban J connectivity index is 1.94. The molecule has 0 saturated heterocycles. The van der Waals surface area contributed by atoms with E-state index in [4.69, 9.17) is 27.6 Å². The second-order valence-electron chi connectivity index (χ2n) is 5.33. The molecule has 5 nitrogen and oxygen atoms in total. The average Bonchev–Trinajstić information content (AvgIpc) is 3.11. The highest BCUT2D eigenvalue weighted by Crippen LogP contribution is 2.23. The molecule has 2 heterocycles. The minimum Gasteiger partial charge on any atom is -0.508 e. The number of hydrogen-bond acceptors (Lipinski definition) is 4. The SMILES string of the molecule is O=C(c1nc(Cl)ccc1Cl)N(Cc1ccco1)Cc1ccccc1O. The Hall–Kier alpha value is -2.50. The zero-order valence-electron chi connectivity index (χ0n) is 13.0. The summed E-state index contributed by atoms with van der Waals surface area (Å²) < 4.78 is 5.34. The molecule has 7 heteroatoms. The van der Waals surface area contributed by atoms with Gasteiger partial charge in [-0.25, -0.2) is 4.98 Å². The van der Waals surface area contributed by atoms with Gasteiger partial charge in [0.15, 0.2) is 0 Å². The molecule has 3 rings (SSSR count). The van der Waals surface area contributed by atoms with Gasteiger partial charge in [0.25, 0.3) is 5.91 Å². The van der Waals surface area contributed by atoms with Crippen LogP contribution in [0.4, 0.5) is 0 Å². The number of nitrogens with zero attached hydrogens (tertiary/aromatic N) is 2. The third kappa shape index (κ3) is 4.13. The first-order chi connectivity index (χ1) is 12.0. The normalized spacial score (nSPS) is 10.6. The summed E-state index contributed by atoms with van der Waals surface area (Å²) >= 11 is 12.0. The summed E-state index contributed by atoms with van der Waals surface area (Å²) in [4.78, 5) is 18.5. The molecule has 2 aromatic heterocycles. The number of carbonyl (C=O) groups is 1. The third-order valence-electron chi connectivity index (χ3n) is 3.58. The molecule has 1 aromatic carbocycles. The molecule has 0 aliphatic rings. The molecule has 1 amide bonds. The Kier molecular flexibility index (Phi) is 5.26. The van der Waals surface area contributed by atoms with Gasteiger partial charge in [-0.2, -0.15) is 0 Å². The van der Waals surface area contributed by atoms with Crippen LogP contribution in [-0.4, -0.2) is 20.9 Å². The Morgan fingerprint density at radius 3 is 2.60 bits per heavy atom. The van der Waals surface area contributed by atoms with Gasteiger partial charge in [0.05, 0.1) is 24.4 Å². The van der Waals surface area contributed by atoms with Crippen molar-refractivity contribution in [2.45, 2.75) is 13.1 Å². The lowest BCUT2D eigenvalue weighted by molar-refractivity contribution is 0.0711. The monoisotopic (exact) mass is 376 g/mol. The number of carbonyl (C=O) groups excluding carboxylic acids is 1. The highest BCUT2D eigenvalue weighted by molar-refractivity contribution is 6.34. The first kappa shape index (κ1) is 17.3. The number of pyridine rings is 1. The molecule has 0 fully saturated rings. The quantitative estimate of drug-likeness (QED) is 0.664. The van der Waals surface area contributed by atoms with E-state index in [9.17, 15) is 9.90 Å². The van der Waals surface area contributed by atoms with Crippen molar-refractivity contribution >= 4 is 29.1 Å². The molecular weight excluding hydrogens is 363 g/mol. The van der Waals surface area contributed by atoms with Crippen LogP contribution in [-0.2, 0) is 13.1 Å². The fourth-order valence-electron chi connectivity index (χ4n) is 2.36. The van der Waals surface area contributed by atoms with Crippen LogP contribution in [0.25, 0.3) is 0 Å². The smallest absolute Gasteiger partial charge is 0.274 e. The van der Waals surface area contributed by atoms with E-state index < -0.39 is 5.91 Å². The number of rotatable bonds is 5. The topological polar surface area (TPSA) is 66.6 Å². The fourth-order valence-corrected chi connectivity index (χ4v) is 2.69. The minimum atomic E-state index is -0.410. The summed E-state index contributed by atoms with van der Waals surface area (Å²) in [6, 6.07) is 13.3. The molecule has 0 saturated carbocycles. The summed E-state index contributed by atoms with van der Waals surface area (Å²) in [5.74, 6) is 0.291. The number of para-hydroxylation sites is 1. The largest absolute Gasteiger partial charge is 0.508 e. The maximum absolute atomic E-state index is 13.0. The fraction of sp³-hybridized carbons (Fsp3) is 0.111. The highest BCUT2D eigenvalue weighted by atomic mass is 35.5. The van der Waals surface area contributed by atoms with Crippen molar-refractivity contribution in [1.82, 2.24) is 9.88 Å². The number of aromatic hydroxyl groups is 1. The van der Waals surface area contributed by atoms with Crippen molar-refractivity contribution in [3.63, 3.8) is 0 Å². The number of halogens is 2. The lowest BCUT2D eigenvalue weighted by Crippen LogP contribution is -2.31. The van der Waals surface area contributed by atoms with Gasteiger partial charge in [-0.1, -0.05) is 41.4 Å². The molecule has 128 valence electrons. The lowest BCUT2D eigenvalue weighted by Gasteiger charge is -2.22. The van der Waals surface area contributed by atoms with E-state index >= 15 is 0 Å². The van der Waals surface area contributed by atoms with Gasteiger partial charge in [-0.05, 0) is 30.3 Å². The van der Waals surface area contributed by atoms with E-state index in [1.165, 1.54) is 23.3 Å².